The Morgan fingerprint density at radius 3 is 0.738 bits per heavy atom. The second-order valence-electron chi connectivity index (χ2n) is 30.9. The van der Waals surface area contributed by atoms with Crippen molar-refractivity contribution >= 4 is 39.5 Å². The maximum Gasteiger partial charge on any atom is 0.472 e. The van der Waals surface area contributed by atoms with Crippen molar-refractivity contribution < 1.29 is 80.2 Å². The summed E-state index contributed by atoms with van der Waals surface area (Å²) < 4.78 is 68.9. The van der Waals surface area contributed by atoms with Gasteiger partial charge in [0.2, 0.25) is 0 Å². The molecule has 3 N–H and O–H groups in total. The molecular formula is C84H164O17P2. The third-order valence-electron chi connectivity index (χ3n) is 20.1. The zero-order valence-electron chi connectivity index (χ0n) is 67.6. The maximum absolute atomic E-state index is 13.1. The normalized spacial score (nSPS) is 14.1. The minimum Gasteiger partial charge on any atom is -0.462 e. The Bertz CT molecular complexity index is 1980. The van der Waals surface area contributed by atoms with Crippen LogP contribution in [0, 0.1) is 11.8 Å². The number of phosphoric acid groups is 2. The van der Waals surface area contributed by atoms with E-state index >= 15 is 0 Å². The predicted octanol–water partition coefficient (Wildman–Crippen LogP) is 25.5. The molecule has 3 unspecified atom stereocenters. The molecule has 0 fully saturated rings. The zero-order valence-corrected chi connectivity index (χ0v) is 69.4. The Morgan fingerprint density at radius 1 is 0.282 bits per heavy atom. The van der Waals surface area contributed by atoms with Gasteiger partial charge in [-0.2, -0.15) is 0 Å². The summed E-state index contributed by atoms with van der Waals surface area (Å²) in [7, 11) is -9.93. The van der Waals surface area contributed by atoms with Crippen molar-refractivity contribution in [1.82, 2.24) is 0 Å². The molecule has 0 aromatic rings. The van der Waals surface area contributed by atoms with Gasteiger partial charge in [0.1, 0.15) is 19.3 Å². The molecule has 0 radical (unpaired) electrons. The Kier molecular flexibility index (Phi) is 74.1. The lowest BCUT2D eigenvalue weighted by Crippen LogP contribution is -2.30. The molecule has 0 aliphatic rings. The Morgan fingerprint density at radius 2 is 0.495 bits per heavy atom. The van der Waals surface area contributed by atoms with Crippen LogP contribution in [0.15, 0.2) is 0 Å². The van der Waals surface area contributed by atoms with Crippen molar-refractivity contribution in [1.29, 1.82) is 0 Å². The first-order valence-corrected chi connectivity index (χ1v) is 46.5. The van der Waals surface area contributed by atoms with Crippen LogP contribution >= 0.6 is 15.6 Å². The van der Waals surface area contributed by atoms with Gasteiger partial charge >= 0.3 is 39.5 Å². The van der Waals surface area contributed by atoms with Crippen LogP contribution in [-0.4, -0.2) is 96.7 Å². The number of esters is 4. The van der Waals surface area contributed by atoms with Crippen LogP contribution < -0.4 is 0 Å². The van der Waals surface area contributed by atoms with Crippen LogP contribution in [0.25, 0.3) is 0 Å². The molecule has 0 aliphatic carbocycles. The van der Waals surface area contributed by atoms with Crippen molar-refractivity contribution in [3.05, 3.63) is 0 Å². The third kappa shape index (κ3) is 76.6. The molecule has 0 aromatic heterocycles. The van der Waals surface area contributed by atoms with Gasteiger partial charge in [0.05, 0.1) is 26.4 Å². The average molecular weight is 1510 g/mol. The first-order chi connectivity index (χ1) is 49.9. The molecule has 6 atom stereocenters. The summed E-state index contributed by atoms with van der Waals surface area (Å²) in [6, 6.07) is 0. The summed E-state index contributed by atoms with van der Waals surface area (Å²) in [5, 5.41) is 10.7. The molecule has 0 aliphatic heterocycles. The molecule has 0 heterocycles. The Hall–Kier alpha value is -1.94. The number of aliphatic hydroxyl groups is 1. The van der Waals surface area contributed by atoms with Crippen LogP contribution in [-0.2, 0) is 65.4 Å². The molecule has 17 nitrogen and oxygen atoms in total. The van der Waals surface area contributed by atoms with Crippen molar-refractivity contribution in [3.63, 3.8) is 0 Å². The van der Waals surface area contributed by atoms with E-state index < -0.39 is 97.5 Å². The van der Waals surface area contributed by atoms with Gasteiger partial charge in [-0.1, -0.05) is 395 Å². The van der Waals surface area contributed by atoms with Gasteiger partial charge in [-0.25, -0.2) is 9.13 Å². The highest BCUT2D eigenvalue weighted by Crippen LogP contribution is 2.45. The monoisotopic (exact) mass is 1510 g/mol. The maximum atomic E-state index is 13.1. The number of hydrogen-bond donors (Lipinski definition) is 3. The first-order valence-electron chi connectivity index (χ1n) is 43.5. The minimum atomic E-state index is -4.96. The van der Waals surface area contributed by atoms with E-state index in [-0.39, 0.29) is 25.7 Å². The van der Waals surface area contributed by atoms with Gasteiger partial charge in [0.15, 0.2) is 12.2 Å². The SMILES string of the molecule is CCCCCCCCCCCCCCCCCCCCCC(=O)O[C@H](COC(=O)CCCCCCCCCCCCCCCCC(C)C)COP(=O)(O)OC[C@@H](O)COP(=O)(O)OC[C@@H](COC(=O)CCCCCCCCCCCCCCC)OC(=O)CCCCCCCCCCCCC(C)CC. The van der Waals surface area contributed by atoms with E-state index in [0.29, 0.717) is 25.7 Å². The van der Waals surface area contributed by atoms with Gasteiger partial charge in [-0.05, 0) is 37.5 Å². The molecule has 103 heavy (non-hydrogen) atoms. The lowest BCUT2D eigenvalue weighted by Gasteiger charge is -2.21. The fourth-order valence-electron chi connectivity index (χ4n) is 13.0. The molecule has 0 aromatic carbocycles. The van der Waals surface area contributed by atoms with Crippen molar-refractivity contribution in [2.24, 2.45) is 11.8 Å². The van der Waals surface area contributed by atoms with Gasteiger partial charge in [0, 0.05) is 25.7 Å². The highest BCUT2D eigenvalue weighted by Gasteiger charge is 2.30. The van der Waals surface area contributed by atoms with E-state index in [9.17, 15) is 43.2 Å². The van der Waals surface area contributed by atoms with Crippen LogP contribution in [0.1, 0.15) is 446 Å². The van der Waals surface area contributed by atoms with Crippen LogP contribution in [0.5, 0.6) is 0 Å². The number of hydrogen-bond acceptors (Lipinski definition) is 15. The quantitative estimate of drug-likeness (QED) is 0.0222. The summed E-state index contributed by atoms with van der Waals surface area (Å²) in [5.41, 5.74) is 0. The second kappa shape index (κ2) is 75.5. The molecule has 0 saturated carbocycles. The van der Waals surface area contributed by atoms with E-state index in [1.165, 1.54) is 263 Å². The van der Waals surface area contributed by atoms with Crippen molar-refractivity contribution in [2.75, 3.05) is 39.6 Å². The molecule has 0 rings (SSSR count). The lowest BCUT2D eigenvalue weighted by atomic mass is 9.99. The van der Waals surface area contributed by atoms with Crippen molar-refractivity contribution in [2.45, 2.75) is 464 Å². The summed E-state index contributed by atoms with van der Waals surface area (Å²) in [6.45, 7) is 9.71. The summed E-state index contributed by atoms with van der Waals surface area (Å²) in [5.74, 6) is -0.500. The van der Waals surface area contributed by atoms with Crippen LogP contribution in [0.4, 0.5) is 0 Å². The van der Waals surface area contributed by atoms with Crippen molar-refractivity contribution in [3.8, 4) is 0 Å². The molecule has 0 saturated heterocycles. The molecule has 0 amide bonds. The summed E-state index contributed by atoms with van der Waals surface area (Å²) in [6.07, 6.45) is 66.4. The van der Waals surface area contributed by atoms with Gasteiger partial charge in [-0.3, -0.25) is 37.3 Å². The number of unbranched alkanes of at least 4 members (excludes halogenated alkanes) is 52. The number of phosphoric ester groups is 2. The standard InChI is InChI=1S/C84H164O17P2/c1-7-10-12-14-16-18-20-22-23-24-25-26-27-33-37-44-50-56-62-68-83(88)100-79(72-95-82(87)67-61-55-49-43-36-32-29-28-31-34-40-46-52-58-64-76(4)5)74-98-102(90,91)96-70-78(85)71-97-103(92,93)99-75-80(73-94-81(86)66-60-54-48-42-35-30-21-19-17-15-13-11-8-2)101-84(89)69-63-57-51-45-39-38-41-47-53-59-65-77(6)9-3/h76-80,85H,7-75H2,1-6H3,(H,90,91)(H,92,93)/t77?,78-,79-,80-/m1/s1. The van der Waals surface area contributed by atoms with Gasteiger partial charge in [0.25, 0.3) is 0 Å². The highest BCUT2D eigenvalue weighted by atomic mass is 31.2. The smallest absolute Gasteiger partial charge is 0.462 e. The number of carbonyl (C=O) groups excluding carboxylic acids is 4. The van der Waals surface area contributed by atoms with Crippen LogP contribution in [0.3, 0.4) is 0 Å². The number of rotatable bonds is 83. The summed E-state index contributed by atoms with van der Waals surface area (Å²) in [4.78, 5) is 73.2. The number of aliphatic hydroxyl groups excluding tert-OH is 1. The Balaban J connectivity index is 5.27. The fourth-order valence-corrected chi connectivity index (χ4v) is 14.6. The highest BCUT2D eigenvalue weighted by molar-refractivity contribution is 7.47. The Labute approximate surface area is 632 Å². The number of ether oxygens (including phenoxy) is 4. The van der Waals surface area contributed by atoms with E-state index in [4.69, 9.17) is 37.0 Å². The largest absolute Gasteiger partial charge is 0.472 e. The van der Waals surface area contributed by atoms with E-state index in [1.807, 2.05) is 0 Å². The summed E-state index contributed by atoms with van der Waals surface area (Å²) >= 11 is 0. The molecular weight excluding hydrogens is 1340 g/mol. The molecule has 0 bridgehead atoms. The van der Waals surface area contributed by atoms with E-state index in [0.717, 1.165) is 102 Å². The topological polar surface area (TPSA) is 237 Å². The number of carbonyl (C=O) groups is 4. The lowest BCUT2D eigenvalue weighted by molar-refractivity contribution is -0.161. The molecule has 19 heteroatoms. The fraction of sp³-hybridized carbons (Fsp3) is 0.952. The molecule has 0 spiro atoms. The van der Waals surface area contributed by atoms with Crippen LogP contribution in [0.2, 0.25) is 0 Å². The third-order valence-corrected chi connectivity index (χ3v) is 22.0. The second-order valence-corrected chi connectivity index (χ2v) is 33.8. The zero-order chi connectivity index (χ0) is 75.6. The average Bonchev–Trinajstić information content (AvgIpc) is 0.911. The van der Waals surface area contributed by atoms with E-state index in [1.54, 1.807) is 0 Å². The van der Waals surface area contributed by atoms with Gasteiger partial charge in [-0.15, -0.1) is 0 Å². The van der Waals surface area contributed by atoms with Gasteiger partial charge < -0.3 is 33.8 Å². The van der Waals surface area contributed by atoms with E-state index in [2.05, 4.69) is 41.5 Å². The first kappa shape index (κ1) is 101. The minimum absolute atomic E-state index is 0.107. The molecule has 612 valence electrons. The predicted molar refractivity (Wildman–Crippen MR) is 423 cm³/mol.